The molecule has 5 nitrogen and oxygen atoms in total. The van der Waals surface area contributed by atoms with Gasteiger partial charge in [-0.3, -0.25) is 9.69 Å². The van der Waals surface area contributed by atoms with Crippen LogP contribution in [-0.4, -0.2) is 48.0 Å². The SMILES string of the molecule is C[C@H]1[C@@H](c2ccccc2)N(C(=O)C[C@@H](c2cc(F)cc(F)c2)C2CCOCC2)C(=O)N1C. The molecule has 0 bridgehead atoms. The number of amides is 3. The first-order chi connectivity index (χ1) is 15.4. The Morgan fingerprint density at radius 2 is 1.72 bits per heavy atom. The van der Waals surface area contributed by atoms with Crippen molar-refractivity contribution in [3.63, 3.8) is 0 Å². The van der Waals surface area contributed by atoms with Crippen LogP contribution in [0.4, 0.5) is 13.6 Å². The highest BCUT2D eigenvalue weighted by Crippen LogP contribution is 2.39. The Morgan fingerprint density at radius 3 is 2.34 bits per heavy atom. The van der Waals surface area contributed by atoms with Crippen LogP contribution in [0, 0.1) is 17.6 Å². The van der Waals surface area contributed by atoms with Crippen LogP contribution in [0.5, 0.6) is 0 Å². The fourth-order valence-corrected chi connectivity index (χ4v) is 4.98. The number of urea groups is 1. The Bertz CT molecular complexity index is 958. The average molecular weight is 443 g/mol. The summed E-state index contributed by atoms with van der Waals surface area (Å²) in [5.41, 5.74) is 1.33. The number of carbonyl (C=O) groups excluding carboxylic acids is 2. The zero-order valence-corrected chi connectivity index (χ0v) is 18.3. The van der Waals surface area contributed by atoms with Gasteiger partial charge in [-0.2, -0.15) is 0 Å². The highest BCUT2D eigenvalue weighted by Gasteiger charge is 2.46. The Balaban J connectivity index is 1.66. The molecule has 4 rings (SSSR count). The zero-order valence-electron chi connectivity index (χ0n) is 18.3. The second-order valence-corrected chi connectivity index (χ2v) is 8.72. The minimum Gasteiger partial charge on any atom is -0.381 e. The first kappa shape index (κ1) is 22.4. The van der Waals surface area contributed by atoms with Gasteiger partial charge in [0.25, 0.3) is 0 Å². The molecular formula is C25H28F2N2O3. The fraction of sp³-hybridized carbons (Fsp3) is 0.440. The van der Waals surface area contributed by atoms with Crippen LogP contribution in [0.1, 0.15) is 49.3 Å². The molecule has 7 heteroatoms. The van der Waals surface area contributed by atoms with Crippen LogP contribution < -0.4 is 0 Å². The van der Waals surface area contributed by atoms with E-state index in [0.29, 0.717) is 31.6 Å². The quantitative estimate of drug-likeness (QED) is 0.663. The molecule has 3 amide bonds. The molecule has 0 spiro atoms. The maximum Gasteiger partial charge on any atom is 0.327 e. The summed E-state index contributed by atoms with van der Waals surface area (Å²) in [5.74, 6) is -2.03. The predicted octanol–water partition coefficient (Wildman–Crippen LogP) is 4.89. The van der Waals surface area contributed by atoms with Crippen molar-refractivity contribution in [2.45, 2.75) is 44.2 Å². The molecule has 0 radical (unpaired) electrons. The lowest BCUT2D eigenvalue weighted by Gasteiger charge is -2.32. The maximum absolute atomic E-state index is 14.0. The predicted molar refractivity (Wildman–Crippen MR) is 116 cm³/mol. The van der Waals surface area contributed by atoms with Crippen molar-refractivity contribution in [3.05, 3.63) is 71.3 Å². The van der Waals surface area contributed by atoms with Crippen LogP contribution >= 0.6 is 0 Å². The van der Waals surface area contributed by atoms with Crippen molar-refractivity contribution in [2.24, 2.45) is 5.92 Å². The number of carbonyl (C=O) groups is 2. The van der Waals surface area contributed by atoms with Gasteiger partial charge in [-0.25, -0.2) is 13.6 Å². The first-order valence-electron chi connectivity index (χ1n) is 11.0. The van der Waals surface area contributed by atoms with E-state index in [-0.39, 0.29) is 30.3 Å². The standard InChI is InChI=1S/C25H28F2N2O3/c1-16-24(18-6-4-3-5-7-18)29(25(31)28(16)2)23(30)15-22(17-8-10-32-11-9-17)19-12-20(26)14-21(27)13-19/h3-7,12-14,16-17,22,24H,8-11,15H2,1-2H3/t16-,22+,24-/m0/s1. The third-order valence-corrected chi connectivity index (χ3v) is 6.81. The van der Waals surface area contributed by atoms with Gasteiger partial charge in [-0.15, -0.1) is 0 Å². The van der Waals surface area contributed by atoms with E-state index in [1.807, 2.05) is 37.3 Å². The van der Waals surface area contributed by atoms with E-state index in [1.165, 1.54) is 17.0 Å². The number of likely N-dealkylation sites (N-methyl/N-ethyl adjacent to an activating group) is 1. The van der Waals surface area contributed by atoms with Gasteiger partial charge in [0.05, 0.1) is 12.1 Å². The molecule has 2 heterocycles. The van der Waals surface area contributed by atoms with E-state index in [4.69, 9.17) is 4.74 Å². The van der Waals surface area contributed by atoms with Crippen molar-refractivity contribution < 1.29 is 23.1 Å². The first-order valence-corrected chi connectivity index (χ1v) is 11.0. The molecular weight excluding hydrogens is 414 g/mol. The number of hydrogen-bond donors (Lipinski definition) is 0. The van der Waals surface area contributed by atoms with Gasteiger partial charge in [0.15, 0.2) is 0 Å². The third kappa shape index (κ3) is 4.39. The van der Waals surface area contributed by atoms with Crippen LogP contribution in [-0.2, 0) is 9.53 Å². The van der Waals surface area contributed by atoms with Crippen molar-refractivity contribution >= 4 is 11.9 Å². The van der Waals surface area contributed by atoms with Gasteiger partial charge in [-0.05, 0) is 54.9 Å². The summed E-state index contributed by atoms with van der Waals surface area (Å²) in [6, 6.07) is 11.9. The van der Waals surface area contributed by atoms with Gasteiger partial charge in [-0.1, -0.05) is 30.3 Å². The summed E-state index contributed by atoms with van der Waals surface area (Å²) in [4.78, 5) is 29.5. The molecule has 0 unspecified atom stereocenters. The van der Waals surface area contributed by atoms with Crippen molar-refractivity contribution in [1.82, 2.24) is 9.80 Å². The molecule has 0 aliphatic carbocycles. The molecule has 2 aromatic rings. The molecule has 2 aliphatic heterocycles. The number of rotatable bonds is 5. The van der Waals surface area contributed by atoms with Crippen molar-refractivity contribution in [1.29, 1.82) is 0 Å². The monoisotopic (exact) mass is 442 g/mol. The van der Waals surface area contributed by atoms with Crippen LogP contribution in [0.15, 0.2) is 48.5 Å². The van der Waals surface area contributed by atoms with Crippen LogP contribution in [0.2, 0.25) is 0 Å². The molecule has 0 saturated carbocycles. The minimum absolute atomic E-state index is 0.00317. The Labute approximate surface area is 187 Å². The summed E-state index contributed by atoms with van der Waals surface area (Å²) in [5, 5.41) is 0. The minimum atomic E-state index is -0.669. The summed E-state index contributed by atoms with van der Waals surface area (Å²) in [6.07, 6.45) is 1.40. The molecule has 2 saturated heterocycles. The number of imide groups is 1. The second-order valence-electron chi connectivity index (χ2n) is 8.72. The molecule has 2 fully saturated rings. The van der Waals surface area contributed by atoms with Crippen LogP contribution in [0.3, 0.4) is 0 Å². The van der Waals surface area contributed by atoms with E-state index in [1.54, 1.807) is 11.9 Å². The van der Waals surface area contributed by atoms with E-state index >= 15 is 0 Å². The van der Waals surface area contributed by atoms with E-state index in [9.17, 15) is 18.4 Å². The van der Waals surface area contributed by atoms with Crippen molar-refractivity contribution in [2.75, 3.05) is 20.3 Å². The van der Waals surface area contributed by atoms with E-state index < -0.39 is 23.6 Å². The molecule has 2 aliphatic rings. The zero-order chi connectivity index (χ0) is 22.8. The molecule has 0 aromatic heterocycles. The normalized spacial score (nSPS) is 22.9. The number of ether oxygens (including phenoxy) is 1. The van der Waals surface area contributed by atoms with Gasteiger partial charge in [0, 0.05) is 32.7 Å². The Kier molecular flexibility index (Phi) is 6.55. The van der Waals surface area contributed by atoms with Crippen LogP contribution in [0.25, 0.3) is 0 Å². The van der Waals surface area contributed by atoms with Gasteiger partial charge >= 0.3 is 6.03 Å². The largest absolute Gasteiger partial charge is 0.381 e. The molecule has 32 heavy (non-hydrogen) atoms. The lowest BCUT2D eigenvalue weighted by Crippen LogP contribution is -2.38. The third-order valence-electron chi connectivity index (χ3n) is 6.81. The number of hydrogen-bond acceptors (Lipinski definition) is 3. The lowest BCUT2D eigenvalue weighted by atomic mass is 9.79. The van der Waals surface area contributed by atoms with Gasteiger partial charge in [0.2, 0.25) is 5.91 Å². The summed E-state index contributed by atoms with van der Waals surface area (Å²) >= 11 is 0. The average Bonchev–Trinajstić information content (AvgIpc) is 3.02. The van der Waals surface area contributed by atoms with E-state index in [0.717, 1.165) is 11.6 Å². The Morgan fingerprint density at radius 1 is 1.09 bits per heavy atom. The number of benzene rings is 2. The van der Waals surface area contributed by atoms with Gasteiger partial charge < -0.3 is 9.64 Å². The second kappa shape index (κ2) is 9.36. The van der Waals surface area contributed by atoms with E-state index in [2.05, 4.69) is 0 Å². The van der Waals surface area contributed by atoms with Crippen molar-refractivity contribution in [3.8, 4) is 0 Å². The number of nitrogens with zero attached hydrogens (tertiary/aromatic N) is 2. The molecule has 2 aromatic carbocycles. The molecule has 170 valence electrons. The fourth-order valence-electron chi connectivity index (χ4n) is 4.98. The summed E-state index contributed by atoms with van der Waals surface area (Å²) in [6.45, 7) is 3.01. The topological polar surface area (TPSA) is 49.9 Å². The number of halogens is 2. The highest BCUT2D eigenvalue weighted by molar-refractivity contribution is 5.97. The Hall–Kier alpha value is -2.80. The van der Waals surface area contributed by atoms with Gasteiger partial charge in [0.1, 0.15) is 11.6 Å². The highest BCUT2D eigenvalue weighted by atomic mass is 19.1. The lowest BCUT2D eigenvalue weighted by molar-refractivity contribution is -0.130. The molecule has 3 atom stereocenters. The summed E-state index contributed by atoms with van der Waals surface area (Å²) < 4.78 is 33.5. The maximum atomic E-state index is 14.0. The molecule has 0 N–H and O–H groups in total. The smallest absolute Gasteiger partial charge is 0.327 e. The summed E-state index contributed by atoms with van der Waals surface area (Å²) in [7, 11) is 1.69.